The van der Waals surface area contributed by atoms with Crippen molar-refractivity contribution in [3.8, 4) is 11.3 Å². The van der Waals surface area contributed by atoms with Crippen molar-refractivity contribution in [3.05, 3.63) is 41.0 Å². The van der Waals surface area contributed by atoms with Crippen LogP contribution in [0.5, 0.6) is 0 Å². The van der Waals surface area contributed by atoms with Gasteiger partial charge in [-0.2, -0.15) is 0 Å². The maximum absolute atomic E-state index is 13.0. The lowest BCUT2D eigenvalue weighted by atomic mass is 9.99. The van der Waals surface area contributed by atoms with Crippen LogP contribution in [0.3, 0.4) is 0 Å². The number of hydrogen-bond donors (Lipinski definition) is 0. The molecule has 112 valence electrons. The average molecular weight is 291 g/mol. The molecule has 1 aromatic heterocycles. The van der Waals surface area contributed by atoms with Crippen LogP contribution >= 0.6 is 0 Å². The zero-order valence-electron chi connectivity index (χ0n) is 12.0. The second-order valence-corrected chi connectivity index (χ2v) is 5.69. The van der Waals surface area contributed by atoms with Gasteiger partial charge >= 0.3 is 0 Å². The highest BCUT2D eigenvalue weighted by molar-refractivity contribution is 5.58. The predicted molar refractivity (Wildman–Crippen MR) is 74.5 cm³/mol. The highest BCUT2D eigenvalue weighted by Gasteiger charge is 2.25. The quantitative estimate of drug-likeness (QED) is 0.815. The van der Waals surface area contributed by atoms with Crippen molar-refractivity contribution in [2.45, 2.75) is 26.3 Å². The fraction of sp³-hybridized carbons (Fsp3) is 0.467. The first-order valence-electron chi connectivity index (χ1n) is 7.20. The fourth-order valence-corrected chi connectivity index (χ4v) is 2.69. The van der Waals surface area contributed by atoms with E-state index in [0.717, 1.165) is 31.8 Å². The van der Waals surface area contributed by atoms with Gasteiger partial charge in [0.15, 0.2) is 0 Å². The first-order valence-corrected chi connectivity index (χ1v) is 7.20. The SMILES string of the molecule is CC1CCN(Cc2no[n+]([O-])c2-c2ccc(F)cc2)CC1. The normalized spacial score (nSPS) is 17.2. The fourth-order valence-electron chi connectivity index (χ4n) is 2.69. The van der Waals surface area contributed by atoms with Crippen LogP contribution in [-0.4, -0.2) is 23.1 Å². The van der Waals surface area contributed by atoms with Crippen molar-refractivity contribution in [2.75, 3.05) is 13.1 Å². The number of rotatable bonds is 3. The summed E-state index contributed by atoms with van der Waals surface area (Å²) >= 11 is 0. The van der Waals surface area contributed by atoms with E-state index in [-0.39, 0.29) is 5.82 Å². The largest absolute Gasteiger partial charge is 0.359 e. The Morgan fingerprint density at radius 3 is 2.67 bits per heavy atom. The average Bonchev–Trinajstić information content (AvgIpc) is 2.83. The van der Waals surface area contributed by atoms with E-state index in [9.17, 15) is 9.60 Å². The summed E-state index contributed by atoms with van der Waals surface area (Å²) in [6, 6.07) is 5.79. The van der Waals surface area contributed by atoms with Crippen LogP contribution in [0.15, 0.2) is 28.9 Å². The monoisotopic (exact) mass is 291 g/mol. The third-order valence-electron chi connectivity index (χ3n) is 4.05. The summed E-state index contributed by atoms with van der Waals surface area (Å²) in [5, 5.41) is 15.7. The number of piperidine rings is 1. The number of benzene rings is 1. The van der Waals surface area contributed by atoms with E-state index >= 15 is 0 Å². The molecule has 21 heavy (non-hydrogen) atoms. The summed E-state index contributed by atoms with van der Waals surface area (Å²) in [6.07, 6.45) is 2.31. The first-order chi connectivity index (χ1) is 10.1. The molecule has 0 bridgehead atoms. The molecule has 3 rings (SSSR count). The molecule has 0 atom stereocenters. The summed E-state index contributed by atoms with van der Waals surface area (Å²) in [6.45, 7) is 4.83. The van der Waals surface area contributed by atoms with Crippen molar-refractivity contribution >= 4 is 0 Å². The molecule has 1 aromatic carbocycles. The van der Waals surface area contributed by atoms with Gasteiger partial charge in [-0.05, 0) is 61.0 Å². The van der Waals surface area contributed by atoms with Gasteiger partial charge in [0.25, 0.3) is 0 Å². The Labute approximate surface area is 122 Å². The molecule has 2 aromatic rings. The zero-order chi connectivity index (χ0) is 14.8. The summed E-state index contributed by atoms with van der Waals surface area (Å²) < 4.78 is 17.7. The van der Waals surface area contributed by atoms with Crippen LogP contribution in [0.2, 0.25) is 0 Å². The third kappa shape index (κ3) is 3.05. The van der Waals surface area contributed by atoms with E-state index in [0.29, 0.717) is 28.4 Å². The maximum atomic E-state index is 13.0. The Hall–Kier alpha value is -1.95. The molecule has 1 aliphatic rings. The van der Waals surface area contributed by atoms with Gasteiger partial charge in [0.2, 0.25) is 11.4 Å². The standard InChI is InChI=1S/C15H18FN3O2/c1-11-6-8-18(9-7-11)10-14-15(19(20)21-17-14)12-2-4-13(16)5-3-12/h2-5,11H,6-10H2,1H3. The first kappa shape index (κ1) is 14.0. The molecule has 1 aliphatic heterocycles. The van der Waals surface area contributed by atoms with E-state index in [2.05, 4.69) is 17.0 Å². The Kier molecular flexibility index (Phi) is 3.88. The number of aromatic nitrogens is 2. The lowest BCUT2D eigenvalue weighted by Gasteiger charge is -2.28. The Morgan fingerprint density at radius 1 is 1.33 bits per heavy atom. The van der Waals surface area contributed by atoms with E-state index in [1.165, 1.54) is 12.1 Å². The van der Waals surface area contributed by atoms with Gasteiger partial charge in [0, 0.05) is 10.7 Å². The summed E-state index contributed by atoms with van der Waals surface area (Å²) in [7, 11) is 0. The van der Waals surface area contributed by atoms with Gasteiger partial charge < -0.3 is 5.21 Å². The molecule has 1 saturated heterocycles. The van der Waals surface area contributed by atoms with Crippen LogP contribution in [0, 0.1) is 16.9 Å². The molecule has 0 N–H and O–H groups in total. The van der Waals surface area contributed by atoms with Crippen molar-refractivity contribution in [2.24, 2.45) is 5.92 Å². The number of hydrogen-bond acceptors (Lipinski definition) is 4. The molecular weight excluding hydrogens is 273 g/mol. The second-order valence-electron chi connectivity index (χ2n) is 5.69. The zero-order valence-corrected chi connectivity index (χ0v) is 12.0. The van der Waals surface area contributed by atoms with Crippen LogP contribution < -0.4 is 4.90 Å². The molecule has 0 saturated carbocycles. The van der Waals surface area contributed by atoms with Crippen LogP contribution in [0.4, 0.5) is 4.39 Å². The lowest BCUT2D eigenvalue weighted by Crippen LogP contribution is -2.33. The van der Waals surface area contributed by atoms with Crippen molar-refractivity contribution < 1.29 is 13.9 Å². The Balaban J connectivity index is 1.82. The molecule has 0 spiro atoms. The van der Waals surface area contributed by atoms with Gasteiger partial charge in [-0.15, -0.1) is 0 Å². The van der Waals surface area contributed by atoms with E-state index < -0.39 is 0 Å². The van der Waals surface area contributed by atoms with Crippen LogP contribution in [0.25, 0.3) is 11.3 Å². The topological polar surface area (TPSA) is 56.2 Å². The van der Waals surface area contributed by atoms with Crippen LogP contribution in [0.1, 0.15) is 25.5 Å². The third-order valence-corrected chi connectivity index (χ3v) is 4.05. The molecule has 0 radical (unpaired) electrons. The van der Waals surface area contributed by atoms with Gasteiger partial charge in [0.05, 0.1) is 6.54 Å². The summed E-state index contributed by atoms with van der Waals surface area (Å²) in [4.78, 5) is 2.67. The lowest BCUT2D eigenvalue weighted by molar-refractivity contribution is -0.793. The molecule has 2 heterocycles. The van der Waals surface area contributed by atoms with E-state index in [1.807, 2.05) is 0 Å². The Bertz CT molecular complexity index is 604. The highest BCUT2D eigenvalue weighted by Crippen LogP contribution is 2.23. The smallest absolute Gasteiger partial charge is 0.240 e. The minimum atomic E-state index is -0.334. The maximum Gasteiger partial charge on any atom is 0.240 e. The number of halogens is 1. The van der Waals surface area contributed by atoms with E-state index in [1.54, 1.807) is 12.1 Å². The number of nitrogens with zero attached hydrogens (tertiary/aromatic N) is 3. The molecule has 5 nitrogen and oxygen atoms in total. The molecule has 6 heteroatoms. The second kappa shape index (κ2) is 5.81. The highest BCUT2D eigenvalue weighted by atomic mass is 19.1. The van der Waals surface area contributed by atoms with Crippen molar-refractivity contribution in [1.82, 2.24) is 10.1 Å². The molecular formula is C15H18FN3O2. The minimum absolute atomic E-state index is 0.334. The van der Waals surface area contributed by atoms with Crippen molar-refractivity contribution in [3.63, 3.8) is 0 Å². The summed E-state index contributed by atoms with van der Waals surface area (Å²) in [5.74, 6) is 0.416. The van der Waals surface area contributed by atoms with E-state index in [4.69, 9.17) is 4.63 Å². The van der Waals surface area contributed by atoms with Crippen LogP contribution in [-0.2, 0) is 6.54 Å². The molecule has 0 aliphatic carbocycles. The minimum Gasteiger partial charge on any atom is -0.359 e. The molecule has 1 fully saturated rings. The predicted octanol–water partition coefficient (Wildman–Crippen LogP) is 2.35. The van der Waals surface area contributed by atoms with Crippen molar-refractivity contribution in [1.29, 1.82) is 0 Å². The van der Waals surface area contributed by atoms with Gasteiger partial charge in [-0.1, -0.05) is 6.92 Å². The molecule has 0 amide bonds. The Morgan fingerprint density at radius 2 is 2.00 bits per heavy atom. The summed E-state index contributed by atoms with van der Waals surface area (Å²) in [5.41, 5.74) is 1.59. The number of likely N-dealkylation sites (tertiary alicyclic amines) is 1. The van der Waals surface area contributed by atoms with Gasteiger partial charge in [0.1, 0.15) is 5.82 Å². The van der Waals surface area contributed by atoms with Gasteiger partial charge in [-0.25, -0.2) is 4.39 Å². The van der Waals surface area contributed by atoms with Gasteiger partial charge in [-0.3, -0.25) is 9.53 Å². The molecule has 0 unspecified atom stereocenters.